The lowest BCUT2D eigenvalue weighted by Crippen LogP contribution is -2.29. The fourth-order valence-corrected chi connectivity index (χ4v) is 14.8. The van der Waals surface area contributed by atoms with Gasteiger partial charge in [0.15, 0.2) is 0 Å². The van der Waals surface area contributed by atoms with Gasteiger partial charge in [0.05, 0.1) is 39.6 Å². The van der Waals surface area contributed by atoms with Crippen LogP contribution in [0.4, 0.5) is 28.4 Å². The molecule has 0 radical (unpaired) electrons. The van der Waals surface area contributed by atoms with Gasteiger partial charge in [-0.15, -0.1) is 0 Å². The average Bonchev–Trinajstić information content (AvgIpc) is 1.61. The molecule has 0 atom stereocenters. The maximum atomic E-state index is 10.2. The van der Waals surface area contributed by atoms with Crippen molar-refractivity contribution in [2.75, 3.05) is 9.80 Å². The van der Waals surface area contributed by atoms with Crippen molar-refractivity contribution in [3.05, 3.63) is 371 Å². The van der Waals surface area contributed by atoms with E-state index in [0.717, 1.165) is 67.2 Å². The Hall–Kier alpha value is -11.5. The Kier molecular flexibility index (Phi) is 12.2. The van der Waals surface area contributed by atoms with Crippen LogP contribution in [0.2, 0.25) is 0 Å². The highest BCUT2D eigenvalue weighted by molar-refractivity contribution is 6.12. The van der Waals surface area contributed by atoms with Crippen LogP contribution in [0, 0.1) is 22.7 Å². The molecule has 1 aromatic heterocycles. The molecule has 13 aromatic rings. The maximum Gasteiger partial charge on any atom is 0.0991 e. The summed E-state index contributed by atoms with van der Waals surface area (Å²) in [5, 5.41) is 22.5. The van der Waals surface area contributed by atoms with Crippen LogP contribution in [0.5, 0.6) is 0 Å². The molecule has 12 aromatic carbocycles. The summed E-state index contributed by atoms with van der Waals surface area (Å²) >= 11 is 0. The Labute approximate surface area is 506 Å². The number of benzene rings is 12. The highest BCUT2D eigenvalue weighted by atomic mass is 15.2. The third kappa shape index (κ3) is 7.91. The number of nitrogens with zero attached hydrogens (tertiary/aromatic N) is 5. The van der Waals surface area contributed by atoms with Gasteiger partial charge < -0.3 is 14.4 Å². The second kappa shape index (κ2) is 20.7. The first kappa shape index (κ1) is 51.2. The van der Waals surface area contributed by atoms with Crippen molar-refractivity contribution in [1.82, 2.24) is 4.57 Å². The summed E-state index contributed by atoms with van der Waals surface area (Å²) < 4.78 is 2.39. The molecule has 16 rings (SSSR count). The molecule has 3 aliphatic rings. The van der Waals surface area contributed by atoms with E-state index in [4.69, 9.17) is 0 Å². The highest BCUT2D eigenvalue weighted by Crippen LogP contribution is 2.59. The van der Waals surface area contributed by atoms with Crippen LogP contribution in [0.3, 0.4) is 0 Å². The Morgan fingerprint density at radius 2 is 0.713 bits per heavy atom. The number of hydrogen-bond acceptors (Lipinski definition) is 4. The van der Waals surface area contributed by atoms with Crippen molar-refractivity contribution in [2.45, 2.75) is 23.7 Å². The molecule has 3 aliphatic carbocycles. The van der Waals surface area contributed by atoms with Gasteiger partial charge in [0, 0.05) is 56.2 Å². The minimum Gasteiger partial charge on any atom is -0.314 e. The summed E-state index contributed by atoms with van der Waals surface area (Å²) in [6, 6.07) is 113. The first-order valence-electron chi connectivity index (χ1n) is 29.8. The van der Waals surface area contributed by atoms with E-state index in [9.17, 15) is 10.5 Å². The molecule has 0 saturated carbocycles. The molecule has 0 spiro atoms. The molecule has 0 fully saturated rings. The molecular weight excluding hydrogens is 1050 g/mol. The number of hydrogen-bond donors (Lipinski definition) is 0. The normalized spacial score (nSPS) is 14.0. The van der Waals surface area contributed by atoms with Crippen LogP contribution in [0.1, 0.15) is 62.9 Å². The second-order valence-electron chi connectivity index (χ2n) is 22.9. The summed E-state index contributed by atoms with van der Waals surface area (Å²) in [4.78, 5) is 4.79. The fraction of sp³-hybridized carbons (Fsp3) is 0.0488. The third-order valence-corrected chi connectivity index (χ3v) is 18.5. The lowest BCUT2D eigenvalue weighted by molar-refractivity contribution is 0.768. The molecule has 0 N–H and O–H groups in total. The molecule has 0 amide bonds. The lowest BCUT2D eigenvalue weighted by Gasteiger charge is -2.35. The van der Waals surface area contributed by atoms with E-state index in [-0.39, 0.29) is 0 Å². The van der Waals surface area contributed by atoms with E-state index < -0.39 is 10.8 Å². The number of nitriles is 2. The van der Waals surface area contributed by atoms with E-state index in [1.807, 2.05) is 18.2 Å². The summed E-state index contributed by atoms with van der Waals surface area (Å²) in [6.07, 6.45) is 5.48. The predicted octanol–water partition coefficient (Wildman–Crippen LogP) is 20.1. The molecule has 408 valence electrons. The van der Waals surface area contributed by atoms with Crippen molar-refractivity contribution in [2.24, 2.45) is 0 Å². The average molecular weight is 1110 g/mol. The fourth-order valence-electron chi connectivity index (χ4n) is 14.8. The van der Waals surface area contributed by atoms with E-state index in [0.29, 0.717) is 18.4 Å². The number of para-hydroxylation sites is 1. The van der Waals surface area contributed by atoms with Crippen molar-refractivity contribution in [3.8, 4) is 40.1 Å². The first-order valence-corrected chi connectivity index (χ1v) is 29.8. The van der Waals surface area contributed by atoms with Gasteiger partial charge in [-0.05, 0) is 189 Å². The zero-order chi connectivity index (χ0) is 58.1. The molecule has 87 heavy (non-hydrogen) atoms. The van der Waals surface area contributed by atoms with Gasteiger partial charge in [0.1, 0.15) is 0 Å². The monoisotopic (exact) mass is 1110 g/mol. The van der Waals surface area contributed by atoms with Gasteiger partial charge in [-0.3, -0.25) is 0 Å². The summed E-state index contributed by atoms with van der Waals surface area (Å²) in [5.74, 6) is 0. The number of allylic oxidation sites excluding steroid dienone is 4. The molecule has 0 unspecified atom stereocenters. The van der Waals surface area contributed by atoms with Crippen LogP contribution in [0.15, 0.2) is 321 Å². The molecule has 0 bridgehead atoms. The first-order chi connectivity index (χ1) is 43.1. The molecular formula is C82H55N5. The standard InChI is InChI=1S/C82H55N5/c83-54-56-34-38-63(39-35-56)85(67-42-46-71-69-30-16-18-32-75(69)81(77(71)52-67,58-20-6-1-7-21-58)59-22-8-2-9-23-59)65-44-48-79-73(50-65)74-51-66(45-49-80(74)87(79)62-28-14-5-15-29-62)86(64-40-36-57(55-84)37-41-64)68-43-47-72-70-31-17-19-33-76(70)82(78(72)53-68,60-24-10-3-11-25-60)61-26-12-4-13-27-61/h1-36,38-40,42-53H,37,41H2. The quantitative estimate of drug-likeness (QED) is 0.129. The van der Waals surface area contributed by atoms with Crippen LogP contribution in [0.25, 0.3) is 49.7 Å². The summed E-state index contributed by atoms with van der Waals surface area (Å²) in [6.45, 7) is 0. The van der Waals surface area contributed by atoms with E-state index in [1.165, 1.54) is 66.8 Å². The molecule has 1 heterocycles. The van der Waals surface area contributed by atoms with Crippen molar-refractivity contribution in [3.63, 3.8) is 0 Å². The Morgan fingerprint density at radius 1 is 0.322 bits per heavy atom. The van der Waals surface area contributed by atoms with Gasteiger partial charge >= 0.3 is 0 Å². The largest absolute Gasteiger partial charge is 0.314 e. The minimum atomic E-state index is -0.608. The smallest absolute Gasteiger partial charge is 0.0991 e. The number of aromatic nitrogens is 1. The van der Waals surface area contributed by atoms with E-state index >= 15 is 0 Å². The van der Waals surface area contributed by atoms with Crippen LogP contribution < -0.4 is 9.80 Å². The van der Waals surface area contributed by atoms with E-state index in [1.54, 1.807) is 0 Å². The highest BCUT2D eigenvalue weighted by Gasteiger charge is 2.48. The minimum absolute atomic E-state index is 0.595. The van der Waals surface area contributed by atoms with Crippen LogP contribution in [-0.4, -0.2) is 4.57 Å². The van der Waals surface area contributed by atoms with Crippen molar-refractivity contribution >= 4 is 50.2 Å². The number of fused-ring (bicyclic) bond motifs is 9. The maximum absolute atomic E-state index is 10.2. The molecule has 0 aliphatic heterocycles. The number of anilines is 5. The summed E-state index contributed by atoms with van der Waals surface area (Å²) in [5.41, 5.74) is 24.1. The third-order valence-electron chi connectivity index (χ3n) is 18.5. The van der Waals surface area contributed by atoms with Crippen LogP contribution >= 0.6 is 0 Å². The zero-order valence-electron chi connectivity index (χ0n) is 47.6. The zero-order valence-corrected chi connectivity index (χ0v) is 47.6. The van der Waals surface area contributed by atoms with Gasteiger partial charge in [0.25, 0.3) is 0 Å². The Balaban J connectivity index is 0.924. The number of rotatable bonds is 11. The Morgan fingerprint density at radius 3 is 1.16 bits per heavy atom. The Bertz CT molecular complexity index is 4910. The van der Waals surface area contributed by atoms with Crippen molar-refractivity contribution < 1.29 is 0 Å². The summed E-state index contributed by atoms with van der Waals surface area (Å²) in [7, 11) is 0. The van der Waals surface area contributed by atoms with Crippen molar-refractivity contribution in [1.29, 1.82) is 10.5 Å². The lowest BCUT2D eigenvalue weighted by atomic mass is 9.67. The van der Waals surface area contributed by atoms with Crippen LogP contribution in [-0.2, 0) is 10.8 Å². The molecule has 5 nitrogen and oxygen atoms in total. The molecule has 0 saturated heterocycles. The predicted molar refractivity (Wildman–Crippen MR) is 354 cm³/mol. The molecule has 5 heteroatoms. The topological polar surface area (TPSA) is 59.0 Å². The SMILES string of the molecule is N#CC1=CC=C(N(c2ccc3c(c2)C(c2ccccc2)(c2ccccc2)c2ccccc2-3)c2ccc3c(c2)c2cc(N(c4ccc(C#N)cc4)c4ccc5c(c4)C(c4ccccc4)(c4ccccc4)c4ccccc4-5)ccc2n3-c2ccccc2)CC1. The van der Waals surface area contributed by atoms with Gasteiger partial charge in [-0.2, -0.15) is 10.5 Å². The van der Waals surface area contributed by atoms with Gasteiger partial charge in [-0.1, -0.05) is 200 Å². The second-order valence-corrected chi connectivity index (χ2v) is 22.9. The van der Waals surface area contributed by atoms with Gasteiger partial charge in [-0.25, -0.2) is 0 Å². The van der Waals surface area contributed by atoms with Gasteiger partial charge in [0.2, 0.25) is 0 Å². The van der Waals surface area contributed by atoms with E-state index in [2.05, 4.69) is 318 Å².